The van der Waals surface area contributed by atoms with E-state index in [1.807, 2.05) is 0 Å². The summed E-state index contributed by atoms with van der Waals surface area (Å²) < 4.78 is 0. The lowest BCUT2D eigenvalue weighted by Crippen LogP contribution is -2.58. The van der Waals surface area contributed by atoms with Crippen molar-refractivity contribution < 1.29 is 0 Å². The van der Waals surface area contributed by atoms with Crippen LogP contribution in [0.2, 0.25) is 0 Å². The maximum Gasteiger partial charge on any atom is 0.0136 e. The highest BCUT2D eigenvalue weighted by Gasteiger charge is 2.38. The highest BCUT2D eigenvalue weighted by Crippen LogP contribution is 2.34. The van der Waals surface area contributed by atoms with E-state index in [0.717, 1.165) is 17.9 Å². The summed E-state index contributed by atoms with van der Waals surface area (Å²) in [6.07, 6.45) is 5.90. The van der Waals surface area contributed by atoms with Gasteiger partial charge in [-0.3, -0.25) is 4.90 Å². The Bertz CT molecular complexity index is 189. The van der Waals surface area contributed by atoms with E-state index in [2.05, 4.69) is 10.2 Å². The second-order valence-corrected chi connectivity index (χ2v) is 5.08. The number of nitrogens with one attached hydrogen (secondary N) is 1. The van der Waals surface area contributed by atoms with E-state index in [0.29, 0.717) is 0 Å². The zero-order chi connectivity index (χ0) is 8.67. The van der Waals surface area contributed by atoms with Crippen molar-refractivity contribution in [1.82, 2.24) is 10.2 Å². The van der Waals surface area contributed by atoms with Crippen molar-refractivity contribution >= 4 is 0 Å². The Balaban J connectivity index is 1.77. The fourth-order valence-electron chi connectivity index (χ4n) is 3.61. The van der Waals surface area contributed by atoms with Gasteiger partial charge in [0.2, 0.25) is 0 Å². The van der Waals surface area contributed by atoms with Crippen molar-refractivity contribution in [2.75, 3.05) is 26.2 Å². The summed E-state index contributed by atoms with van der Waals surface area (Å²) >= 11 is 0. The minimum Gasteiger partial charge on any atom is -0.316 e. The first-order valence-corrected chi connectivity index (χ1v) is 5.88. The van der Waals surface area contributed by atoms with Crippen LogP contribution < -0.4 is 5.32 Å². The van der Waals surface area contributed by atoms with Gasteiger partial charge in [0.05, 0.1) is 0 Å². The second kappa shape index (κ2) is 3.25. The molecule has 0 unspecified atom stereocenters. The molecule has 0 aromatic rings. The highest BCUT2D eigenvalue weighted by molar-refractivity contribution is 4.94. The summed E-state index contributed by atoms with van der Waals surface area (Å²) in [5.41, 5.74) is 0. The molecule has 0 aromatic heterocycles. The van der Waals surface area contributed by atoms with E-state index >= 15 is 0 Å². The smallest absolute Gasteiger partial charge is 0.0136 e. The Hall–Kier alpha value is -0.0800. The van der Waals surface area contributed by atoms with Gasteiger partial charge in [0.25, 0.3) is 0 Å². The summed E-state index contributed by atoms with van der Waals surface area (Å²) in [6.45, 7) is 5.34. The van der Waals surface area contributed by atoms with Crippen molar-refractivity contribution in [3.8, 4) is 0 Å². The normalized spacial score (nSPS) is 45.7. The van der Waals surface area contributed by atoms with Crippen molar-refractivity contribution in [3.63, 3.8) is 0 Å². The molecule has 74 valence electrons. The van der Waals surface area contributed by atoms with Crippen molar-refractivity contribution in [2.24, 2.45) is 11.8 Å². The molecule has 3 rings (SSSR count). The SMILES string of the molecule is C1CCN2C[C@H]3CNC[C@H](C3)[C@@H]2C1. The Morgan fingerprint density at radius 2 is 2.15 bits per heavy atom. The fraction of sp³-hybridized carbons (Fsp3) is 1.00. The van der Waals surface area contributed by atoms with Crippen molar-refractivity contribution in [3.05, 3.63) is 0 Å². The lowest BCUT2D eigenvalue weighted by Gasteiger charge is -2.50. The van der Waals surface area contributed by atoms with E-state index < -0.39 is 0 Å². The van der Waals surface area contributed by atoms with Gasteiger partial charge in [-0.1, -0.05) is 6.42 Å². The average Bonchev–Trinajstić information content (AvgIpc) is 2.18. The maximum absolute atomic E-state index is 3.59. The van der Waals surface area contributed by atoms with Gasteiger partial charge in [0.1, 0.15) is 0 Å². The lowest BCUT2D eigenvalue weighted by molar-refractivity contribution is 0.0109. The zero-order valence-electron chi connectivity index (χ0n) is 8.34. The van der Waals surface area contributed by atoms with Gasteiger partial charge in [-0.25, -0.2) is 0 Å². The monoisotopic (exact) mass is 180 g/mol. The van der Waals surface area contributed by atoms with Crippen LogP contribution in [0.25, 0.3) is 0 Å². The predicted octanol–water partition coefficient (Wildman–Crippen LogP) is 1.08. The second-order valence-electron chi connectivity index (χ2n) is 5.08. The standard InChI is InChI=1S/C11H20N2/c1-2-4-13-8-9-5-10(7-12-6-9)11(13)3-1/h9-12H,1-8H2/t9-,10+,11+/m1/s1. The first-order chi connectivity index (χ1) is 6.43. The van der Waals surface area contributed by atoms with E-state index in [1.165, 1.54) is 51.9 Å². The van der Waals surface area contributed by atoms with Gasteiger partial charge in [-0.15, -0.1) is 0 Å². The zero-order valence-corrected chi connectivity index (χ0v) is 8.34. The quantitative estimate of drug-likeness (QED) is 0.600. The molecule has 0 radical (unpaired) electrons. The van der Waals surface area contributed by atoms with Gasteiger partial charge in [-0.05, 0) is 50.7 Å². The molecular formula is C11H20N2. The Kier molecular flexibility index (Phi) is 2.06. The number of nitrogens with zero attached hydrogens (tertiary/aromatic N) is 1. The van der Waals surface area contributed by atoms with Gasteiger partial charge >= 0.3 is 0 Å². The molecule has 2 nitrogen and oxygen atoms in total. The summed E-state index contributed by atoms with van der Waals surface area (Å²) in [7, 11) is 0. The first kappa shape index (κ1) is 8.25. The number of hydrogen-bond donors (Lipinski definition) is 1. The molecule has 0 spiro atoms. The topological polar surface area (TPSA) is 15.3 Å². The fourth-order valence-corrected chi connectivity index (χ4v) is 3.61. The van der Waals surface area contributed by atoms with E-state index in [9.17, 15) is 0 Å². The molecule has 3 atom stereocenters. The minimum absolute atomic E-state index is 0.942. The molecule has 2 bridgehead atoms. The molecule has 2 heteroatoms. The molecule has 13 heavy (non-hydrogen) atoms. The molecule has 3 aliphatic heterocycles. The third-order valence-corrected chi connectivity index (χ3v) is 4.18. The lowest BCUT2D eigenvalue weighted by atomic mass is 9.77. The molecule has 3 saturated heterocycles. The number of fused-ring (bicyclic) bond motifs is 4. The molecular weight excluding hydrogens is 160 g/mol. The predicted molar refractivity (Wildman–Crippen MR) is 53.7 cm³/mol. The van der Waals surface area contributed by atoms with Gasteiger partial charge in [0, 0.05) is 12.6 Å². The summed E-state index contributed by atoms with van der Waals surface area (Å²) in [5, 5.41) is 3.59. The maximum atomic E-state index is 3.59. The van der Waals surface area contributed by atoms with Crippen LogP contribution in [0.3, 0.4) is 0 Å². The van der Waals surface area contributed by atoms with Crippen LogP contribution in [0, 0.1) is 11.8 Å². The molecule has 0 saturated carbocycles. The van der Waals surface area contributed by atoms with Gasteiger partial charge in [0.15, 0.2) is 0 Å². The molecule has 0 aliphatic carbocycles. The van der Waals surface area contributed by atoms with Crippen LogP contribution in [0.4, 0.5) is 0 Å². The van der Waals surface area contributed by atoms with Gasteiger partial charge < -0.3 is 5.32 Å². The van der Waals surface area contributed by atoms with Crippen LogP contribution in [-0.2, 0) is 0 Å². The molecule has 3 aliphatic rings. The Morgan fingerprint density at radius 3 is 3.15 bits per heavy atom. The van der Waals surface area contributed by atoms with Crippen molar-refractivity contribution in [2.45, 2.75) is 31.7 Å². The van der Waals surface area contributed by atoms with Crippen LogP contribution >= 0.6 is 0 Å². The highest BCUT2D eigenvalue weighted by atomic mass is 15.2. The van der Waals surface area contributed by atoms with Crippen LogP contribution in [0.1, 0.15) is 25.7 Å². The van der Waals surface area contributed by atoms with E-state index in [1.54, 1.807) is 0 Å². The Morgan fingerprint density at radius 1 is 1.15 bits per heavy atom. The van der Waals surface area contributed by atoms with E-state index in [-0.39, 0.29) is 0 Å². The van der Waals surface area contributed by atoms with Gasteiger partial charge in [-0.2, -0.15) is 0 Å². The first-order valence-electron chi connectivity index (χ1n) is 5.88. The molecule has 1 N–H and O–H groups in total. The number of rotatable bonds is 0. The Labute approximate surface area is 80.7 Å². The van der Waals surface area contributed by atoms with Crippen LogP contribution in [0.15, 0.2) is 0 Å². The molecule has 0 amide bonds. The summed E-state index contributed by atoms with van der Waals surface area (Å²) in [6, 6.07) is 0.942. The summed E-state index contributed by atoms with van der Waals surface area (Å²) in [5.74, 6) is 1.95. The largest absolute Gasteiger partial charge is 0.316 e. The third-order valence-electron chi connectivity index (χ3n) is 4.18. The molecule has 3 heterocycles. The summed E-state index contributed by atoms with van der Waals surface area (Å²) in [4.78, 5) is 2.78. The van der Waals surface area contributed by atoms with E-state index in [4.69, 9.17) is 0 Å². The number of piperidine rings is 3. The van der Waals surface area contributed by atoms with Crippen molar-refractivity contribution in [1.29, 1.82) is 0 Å². The minimum atomic E-state index is 0.942. The third kappa shape index (κ3) is 1.40. The molecule has 3 fully saturated rings. The molecule has 0 aromatic carbocycles. The number of hydrogen-bond acceptors (Lipinski definition) is 2. The van der Waals surface area contributed by atoms with Crippen LogP contribution in [-0.4, -0.2) is 37.1 Å². The van der Waals surface area contributed by atoms with Crippen LogP contribution in [0.5, 0.6) is 0 Å². The average molecular weight is 180 g/mol.